The molecule has 0 spiro atoms. The van der Waals surface area contributed by atoms with Crippen LogP contribution in [0.4, 0.5) is 35.1 Å². The molecule has 8 aromatic rings. The molecule has 544 valence electrons. The number of aryl methyl sites for hydroxylation is 1. The molecule has 30 heteroatoms. The van der Waals surface area contributed by atoms with E-state index in [-0.39, 0.29) is 78.9 Å². The molecule has 0 saturated carbocycles. The zero-order chi connectivity index (χ0) is 72.4. The first-order chi connectivity index (χ1) is 48.4. The number of amides is 3. The van der Waals surface area contributed by atoms with E-state index in [0.29, 0.717) is 132 Å². The molecular weight excluding hydrogens is 1390 g/mol. The third kappa shape index (κ3) is 29.2. The minimum absolute atomic E-state index is 0. The number of hydrogen-bond donors (Lipinski definition) is 2. The van der Waals surface area contributed by atoms with E-state index in [9.17, 15) is 63.9 Å². The molecule has 4 fully saturated rings. The van der Waals surface area contributed by atoms with Gasteiger partial charge in [0.15, 0.2) is 10.3 Å². The number of nitrogens with one attached hydrogen (secondary N) is 2. The maximum Gasteiger partial charge on any atom is 1.00 e. The fourth-order valence-electron chi connectivity index (χ4n) is 12.4. The number of hydrogen-bond acceptors (Lipinski definition) is 14. The number of aromatic nitrogens is 8. The van der Waals surface area contributed by atoms with Gasteiger partial charge in [-0.15, -0.1) is 16.6 Å². The molecule has 0 atom stereocenters. The van der Waals surface area contributed by atoms with Gasteiger partial charge >= 0.3 is 18.9 Å². The Morgan fingerprint density at radius 3 is 1.09 bits per heavy atom. The van der Waals surface area contributed by atoms with Crippen LogP contribution in [0.1, 0.15) is 96.4 Å². The Morgan fingerprint density at radius 1 is 0.447 bits per heavy atom. The second kappa shape index (κ2) is 42.3. The van der Waals surface area contributed by atoms with Crippen LogP contribution in [0, 0.1) is 70.2 Å². The van der Waals surface area contributed by atoms with E-state index in [2.05, 4.69) is 41.0 Å². The molecule has 0 bridgehead atoms. The molecule has 103 heavy (non-hydrogen) atoms. The van der Waals surface area contributed by atoms with Gasteiger partial charge in [0.2, 0.25) is 17.7 Å². The molecule has 19 nitrogen and oxygen atoms in total. The zero-order valence-electron chi connectivity index (χ0n) is 57.0. The number of halogens is 10. The summed E-state index contributed by atoms with van der Waals surface area (Å²) in [6.07, 6.45) is 12.0. The maximum atomic E-state index is 13.3. The largest absolute Gasteiger partial charge is 1.00 e. The van der Waals surface area contributed by atoms with Crippen molar-refractivity contribution in [2.45, 2.75) is 103 Å². The van der Waals surface area contributed by atoms with E-state index < -0.39 is 46.5 Å². The first kappa shape index (κ1) is 83.4. The molecule has 0 radical (unpaired) electrons. The molecule has 4 aromatic carbocycles. The van der Waals surface area contributed by atoms with Crippen LogP contribution in [0.2, 0.25) is 10.3 Å². The van der Waals surface area contributed by atoms with Crippen molar-refractivity contribution in [3.63, 3.8) is 0 Å². The standard InChI is InChI=1S/C19H21F2N3O2.C18H18ClF2N3O.C18H19F2N3O2.C12H15F2N.C6H4ClN2O.Li.H2O/c1-23-18(25)3-2-17(22-23)12-19(26)24-6-4-13(5-7-24)8-14-9-15(20)11-16(21)10-14;19-17-2-1-16(22-23-17)11-18(25)24-5-3-12(4-6-24)7-13-8-14(20)10-15(21)9-13;19-14-8-13(9-15(20)10-14)7-12-3-5-23(6-4-12)18(25)11-16-1-2-17(24)22-21-16;13-11-6-10(7-12(14)8-11)5-9-1-3-15-4-2-9;7-6-2-1-5(3-4-10)8-9-6;;/h2-3,9-11,13H,4-8,12H2,1H3;1-2,8-10,12H,3-7,11H2;1-2,8-10,12H,3-7,11H2,(H,22,24);6-9,15H,1-5H2;1-2H,3H2;;1H2/q;;;;-1;+1;/p-1. The predicted octanol–water partition coefficient (Wildman–Crippen LogP) is 7.70. The topological polar surface area (TPSA) is 252 Å². The Bertz CT molecular complexity index is 4060. The van der Waals surface area contributed by atoms with Gasteiger partial charge in [0.05, 0.1) is 36.3 Å². The van der Waals surface area contributed by atoms with E-state index in [4.69, 9.17) is 23.2 Å². The van der Waals surface area contributed by atoms with Crippen molar-refractivity contribution in [2.75, 3.05) is 52.4 Å². The van der Waals surface area contributed by atoms with E-state index >= 15 is 0 Å². The number of piperidine rings is 4. The quantitative estimate of drug-likeness (QED) is 0.0534. The Balaban J connectivity index is 0.000000208. The summed E-state index contributed by atoms with van der Waals surface area (Å²) in [6.45, 7) is 5.78. The average Bonchev–Trinajstić information content (AvgIpc) is 0.859. The van der Waals surface area contributed by atoms with Gasteiger partial charge in [0.25, 0.3) is 11.1 Å². The number of aromatic amines is 1. The Labute approximate surface area is 612 Å². The maximum absolute atomic E-state index is 13.3. The van der Waals surface area contributed by atoms with Gasteiger partial charge in [0.1, 0.15) is 46.5 Å². The summed E-state index contributed by atoms with van der Waals surface area (Å²) in [7, 11) is 1.55. The van der Waals surface area contributed by atoms with Crippen molar-refractivity contribution in [1.29, 1.82) is 0 Å². The first-order valence-corrected chi connectivity index (χ1v) is 33.9. The Hall–Kier alpha value is -8.58. The van der Waals surface area contributed by atoms with E-state index in [1.165, 1.54) is 65.3 Å². The number of rotatable bonds is 16. The monoisotopic (exact) mass is 1460 g/mol. The van der Waals surface area contributed by atoms with Gasteiger partial charge in [-0.25, -0.2) is 44.9 Å². The van der Waals surface area contributed by atoms with Crippen LogP contribution in [0.15, 0.2) is 131 Å². The Morgan fingerprint density at radius 2 is 0.767 bits per heavy atom. The summed E-state index contributed by atoms with van der Waals surface area (Å²) in [5.41, 5.74) is 4.50. The zero-order valence-corrected chi connectivity index (χ0v) is 58.5. The fraction of sp³-hybridized carbons (Fsp3) is 0.397. The number of likely N-dealkylation sites (tertiary alicyclic amines) is 3. The summed E-state index contributed by atoms with van der Waals surface area (Å²) < 4.78 is 107. The normalized spacial score (nSPS) is 14.8. The van der Waals surface area contributed by atoms with Gasteiger partial charge in [-0.2, -0.15) is 20.4 Å². The molecule has 4 aliphatic heterocycles. The average molecular weight is 1470 g/mol. The van der Waals surface area contributed by atoms with Crippen LogP contribution in [-0.2, 0) is 77.6 Å². The summed E-state index contributed by atoms with van der Waals surface area (Å²) in [4.78, 5) is 74.6. The second-order valence-corrected chi connectivity index (χ2v) is 26.1. The van der Waals surface area contributed by atoms with Gasteiger partial charge in [-0.3, -0.25) is 30.3 Å². The molecule has 0 aliphatic carbocycles. The summed E-state index contributed by atoms with van der Waals surface area (Å²) in [6, 6.07) is 27.0. The second-order valence-electron chi connectivity index (χ2n) is 25.3. The van der Waals surface area contributed by atoms with E-state index in [0.717, 1.165) is 101 Å². The van der Waals surface area contributed by atoms with Crippen LogP contribution in [-0.4, -0.2) is 137 Å². The van der Waals surface area contributed by atoms with Crippen molar-refractivity contribution < 1.29 is 78.6 Å². The molecule has 8 heterocycles. The predicted molar refractivity (Wildman–Crippen MR) is 365 cm³/mol. The SMILES string of the molecule is Cn1nc(CC(=O)N2CCC(Cc3cc(F)cc(F)c3)CC2)ccc1=O.Fc1cc(F)cc(CC2CCNCC2)c1.O=C(Cc1ccc(=O)[nH]n1)N1CCC(Cc2cc(F)cc(F)c2)CC1.O=C(Cc1ccc(Cl)nn1)N1CCC(Cc2cc(F)cc(F)c2)CC1.O=[C-]Cc1ccc(Cl)nn1.[Li+].[OH-]. The number of carbonyl (C=O) groups is 3. The van der Waals surface area contributed by atoms with Crippen LogP contribution < -0.4 is 35.3 Å². The smallest absolute Gasteiger partial charge is 0.870 e. The molecule has 3 N–H and O–H groups in total. The molecular formula is C73H78Cl2F8LiN12O7-. The van der Waals surface area contributed by atoms with Crippen LogP contribution >= 0.6 is 23.2 Å². The van der Waals surface area contributed by atoms with Crippen LogP contribution in [0.3, 0.4) is 0 Å². The summed E-state index contributed by atoms with van der Waals surface area (Å²) in [5, 5.41) is 28.9. The number of nitrogens with zero attached hydrogens (tertiary/aromatic N) is 10. The molecule has 3 amide bonds. The Kier molecular flexibility index (Phi) is 34.2. The van der Waals surface area contributed by atoms with E-state index in [1.807, 2.05) is 0 Å². The van der Waals surface area contributed by atoms with Crippen LogP contribution in [0.25, 0.3) is 0 Å². The molecule has 0 unspecified atom stereocenters. The third-order valence-corrected chi connectivity index (χ3v) is 17.9. The van der Waals surface area contributed by atoms with E-state index in [1.54, 1.807) is 64.4 Å². The van der Waals surface area contributed by atoms with Crippen molar-refractivity contribution in [3.8, 4) is 0 Å². The van der Waals surface area contributed by atoms with Gasteiger partial charge in [-0.05, 0) is 221 Å². The van der Waals surface area contributed by atoms with Crippen molar-refractivity contribution in [3.05, 3.63) is 244 Å². The van der Waals surface area contributed by atoms with Crippen LogP contribution in [0.5, 0.6) is 0 Å². The van der Waals surface area contributed by atoms with Gasteiger partial charge < -0.3 is 30.3 Å². The third-order valence-electron chi connectivity index (χ3n) is 17.5. The number of carbonyl (C=O) groups excluding carboxylic acids is 4. The van der Waals surface area contributed by atoms with Gasteiger partial charge in [-0.1, -0.05) is 23.2 Å². The minimum Gasteiger partial charge on any atom is -0.870 e. The number of H-pyrrole nitrogens is 1. The molecule has 12 rings (SSSR count). The van der Waals surface area contributed by atoms with Gasteiger partial charge in [0, 0.05) is 88.4 Å². The summed E-state index contributed by atoms with van der Waals surface area (Å²) in [5.74, 6) is -2.84. The first-order valence-electron chi connectivity index (χ1n) is 33.2. The molecule has 4 aliphatic rings. The molecule has 4 saturated heterocycles. The molecule has 4 aromatic heterocycles. The van der Waals surface area contributed by atoms with Crippen molar-refractivity contribution in [1.82, 2.24) is 60.4 Å². The van der Waals surface area contributed by atoms with Crippen molar-refractivity contribution in [2.24, 2.45) is 30.7 Å². The summed E-state index contributed by atoms with van der Waals surface area (Å²) >= 11 is 11.1. The fourth-order valence-corrected chi connectivity index (χ4v) is 12.6. The van der Waals surface area contributed by atoms with Crippen molar-refractivity contribution >= 4 is 47.2 Å². The number of benzene rings is 4. The minimum atomic E-state index is -0.559.